The maximum Gasteiger partial charge on any atom is 0.147 e. The SMILES string of the molecule is Cc1nccnc1NCC(O)CC(C)C. The van der Waals surface area contributed by atoms with Gasteiger partial charge in [0, 0.05) is 18.9 Å². The molecule has 0 aliphatic heterocycles. The third-order valence-electron chi connectivity index (χ3n) is 2.13. The van der Waals surface area contributed by atoms with Crippen LogP contribution in [0.25, 0.3) is 0 Å². The van der Waals surface area contributed by atoms with Gasteiger partial charge in [-0.15, -0.1) is 0 Å². The Morgan fingerprint density at radius 3 is 2.60 bits per heavy atom. The molecule has 0 amide bonds. The number of nitrogens with zero attached hydrogens (tertiary/aromatic N) is 2. The van der Waals surface area contributed by atoms with Crippen molar-refractivity contribution in [3.63, 3.8) is 0 Å². The van der Waals surface area contributed by atoms with Crippen LogP contribution in [-0.2, 0) is 0 Å². The second kappa shape index (κ2) is 5.66. The monoisotopic (exact) mass is 209 g/mol. The molecular weight excluding hydrogens is 190 g/mol. The molecule has 0 aromatic carbocycles. The molecule has 0 saturated heterocycles. The lowest BCUT2D eigenvalue weighted by molar-refractivity contribution is 0.161. The molecular formula is C11H19N3O. The zero-order chi connectivity index (χ0) is 11.3. The Balaban J connectivity index is 2.40. The van der Waals surface area contributed by atoms with E-state index in [1.807, 2.05) is 6.92 Å². The molecule has 1 atom stereocenters. The van der Waals surface area contributed by atoms with Crippen LogP contribution in [0, 0.1) is 12.8 Å². The summed E-state index contributed by atoms with van der Waals surface area (Å²) in [6.45, 7) is 6.61. The Bertz CT molecular complexity index is 302. The van der Waals surface area contributed by atoms with Crippen LogP contribution in [0.15, 0.2) is 12.4 Å². The number of aryl methyl sites for hydroxylation is 1. The maximum absolute atomic E-state index is 9.66. The van der Waals surface area contributed by atoms with Crippen LogP contribution in [0.2, 0.25) is 0 Å². The standard InChI is InChI=1S/C11H19N3O/c1-8(2)6-10(15)7-14-11-9(3)12-4-5-13-11/h4-5,8,10,15H,6-7H2,1-3H3,(H,13,14). The van der Waals surface area contributed by atoms with E-state index in [-0.39, 0.29) is 6.10 Å². The summed E-state index contributed by atoms with van der Waals surface area (Å²) in [7, 11) is 0. The Morgan fingerprint density at radius 1 is 1.33 bits per heavy atom. The minimum atomic E-state index is -0.327. The topological polar surface area (TPSA) is 58.0 Å². The van der Waals surface area contributed by atoms with Gasteiger partial charge < -0.3 is 10.4 Å². The number of aliphatic hydroxyl groups excluding tert-OH is 1. The van der Waals surface area contributed by atoms with Crippen molar-refractivity contribution >= 4 is 5.82 Å². The van der Waals surface area contributed by atoms with Crippen LogP contribution >= 0.6 is 0 Å². The van der Waals surface area contributed by atoms with E-state index >= 15 is 0 Å². The van der Waals surface area contributed by atoms with Gasteiger partial charge in [-0.25, -0.2) is 4.98 Å². The van der Waals surface area contributed by atoms with Crippen LogP contribution in [0.3, 0.4) is 0 Å². The predicted molar refractivity (Wildman–Crippen MR) is 60.7 cm³/mol. The largest absolute Gasteiger partial charge is 0.391 e. The van der Waals surface area contributed by atoms with Gasteiger partial charge in [0.15, 0.2) is 0 Å². The summed E-state index contributed by atoms with van der Waals surface area (Å²) in [5, 5.41) is 12.8. The first-order valence-electron chi connectivity index (χ1n) is 5.29. The highest BCUT2D eigenvalue weighted by atomic mass is 16.3. The molecule has 1 aromatic rings. The molecule has 1 unspecified atom stereocenters. The normalized spacial score (nSPS) is 12.9. The van der Waals surface area contributed by atoms with Crippen molar-refractivity contribution in [1.29, 1.82) is 0 Å². The number of aliphatic hydroxyl groups is 1. The molecule has 2 N–H and O–H groups in total. The highest BCUT2D eigenvalue weighted by molar-refractivity contribution is 5.38. The molecule has 1 heterocycles. The van der Waals surface area contributed by atoms with Gasteiger partial charge in [-0.05, 0) is 19.3 Å². The minimum Gasteiger partial charge on any atom is -0.391 e. The Kier molecular flexibility index (Phi) is 4.49. The molecule has 1 rings (SSSR count). The molecule has 4 heteroatoms. The zero-order valence-electron chi connectivity index (χ0n) is 9.57. The van der Waals surface area contributed by atoms with E-state index in [2.05, 4.69) is 29.1 Å². The second-order valence-corrected chi connectivity index (χ2v) is 4.15. The average Bonchev–Trinajstić information content (AvgIpc) is 2.15. The average molecular weight is 209 g/mol. The quantitative estimate of drug-likeness (QED) is 0.773. The summed E-state index contributed by atoms with van der Waals surface area (Å²) < 4.78 is 0. The van der Waals surface area contributed by atoms with Crippen LogP contribution in [-0.4, -0.2) is 27.7 Å². The molecule has 84 valence electrons. The summed E-state index contributed by atoms with van der Waals surface area (Å²) in [4.78, 5) is 8.26. The molecule has 0 aliphatic rings. The maximum atomic E-state index is 9.66. The molecule has 0 bridgehead atoms. The van der Waals surface area contributed by atoms with Gasteiger partial charge in [-0.3, -0.25) is 4.98 Å². The lowest BCUT2D eigenvalue weighted by Crippen LogP contribution is -2.22. The van der Waals surface area contributed by atoms with Crippen LogP contribution in [0.1, 0.15) is 26.0 Å². The second-order valence-electron chi connectivity index (χ2n) is 4.15. The number of rotatable bonds is 5. The zero-order valence-corrected chi connectivity index (χ0v) is 9.57. The van der Waals surface area contributed by atoms with Crippen molar-refractivity contribution in [2.45, 2.75) is 33.3 Å². The Morgan fingerprint density at radius 2 is 2.00 bits per heavy atom. The van der Waals surface area contributed by atoms with E-state index in [1.165, 1.54) is 0 Å². The van der Waals surface area contributed by atoms with Crippen LogP contribution < -0.4 is 5.32 Å². The van der Waals surface area contributed by atoms with E-state index < -0.39 is 0 Å². The van der Waals surface area contributed by atoms with Gasteiger partial charge in [-0.2, -0.15) is 0 Å². The molecule has 4 nitrogen and oxygen atoms in total. The van der Waals surface area contributed by atoms with E-state index in [1.54, 1.807) is 12.4 Å². The van der Waals surface area contributed by atoms with Crippen LogP contribution in [0.4, 0.5) is 5.82 Å². The Hall–Kier alpha value is -1.16. The number of nitrogens with one attached hydrogen (secondary N) is 1. The first kappa shape index (κ1) is 11.9. The molecule has 0 fully saturated rings. The molecule has 0 spiro atoms. The minimum absolute atomic E-state index is 0.327. The highest BCUT2D eigenvalue weighted by Gasteiger charge is 2.07. The third kappa shape index (κ3) is 4.25. The van der Waals surface area contributed by atoms with Crippen molar-refractivity contribution in [3.8, 4) is 0 Å². The number of hydrogen-bond acceptors (Lipinski definition) is 4. The third-order valence-corrected chi connectivity index (χ3v) is 2.13. The van der Waals surface area contributed by atoms with Gasteiger partial charge >= 0.3 is 0 Å². The first-order valence-corrected chi connectivity index (χ1v) is 5.29. The van der Waals surface area contributed by atoms with E-state index in [0.717, 1.165) is 17.9 Å². The van der Waals surface area contributed by atoms with Crippen molar-refractivity contribution in [3.05, 3.63) is 18.1 Å². The van der Waals surface area contributed by atoms with Crippen molar-refractivity contribution < 1.29 is 5.11 Å². The van der Waals surface area contributed by atoms with Gasteiger partial charge in [0.1, 0.15) is 5.82 Å². The summed E-state index contributed by atoms with van der Waals surface area (Å²) in [5.74, 6) is 1.25. The van der Waals surface area contributed by atoms with E-state index in [0.29, 0.717) is 12.5 Å². The fraction of sp³-hybridized carbons (Fsp3) is 0.636. The van der Waals surface area contributed by atoms with E-state index in [4.69, 9.17) is 0 Å². The lowest BCUT2D eigenvalue weighted by Gasteiger charge is -2.14. The molecule has 1 aromatic heterocycles. The van der Waals surface area contributed by atoms with Crippen molar-refractivity contribution in [2.24, 2.45) is 5.92 Å². The highest BCUT2D eigenvalue weighted by Crippen LogP contribution is 2.08. The molecule has 0 radical (unpaired) electrons. The summed E-state index contributed by atoms with van der Waals surface area (Å²) in [5.41, 5.74) is 0.856. The summed E-state index contributed by atoms with van der Waals surface area (Å²) in [6.07, 6.45) is 3.77. The molecule has 15 heavy (non-hydrogen) atoms. The fourth-order valence-electron chi connectivity index (χ4n) is 1.42. The van der Waals surface area contributed by atoms with Crippen LogP contribution in [0.5, 0.6) is 0 Å². The smallest absolute Gasteiger partial charge is 0.147 e. The first-order chi connectivity index (χ1) is 7.09. The van der Waals surface area contributed by atoms with Gasteiger partial charge in [0.2, 0.25) is 0 Å². The summed E-state index contributed by atoms with van der Waals surface area (Å²) >= 11 is 0. The Labute approximate surface area is 90.8 Å². The number of hydrogen-bond donors (Lipinski definition) is 2. The number of aromatic nitrogens is 2. The molecule has 0 saturated carbocycles. The molecule has 0 aliphatic carbocycles. The predicted octanol–water partition coefficient (Wildman–Crippen LogP) is 1.60. The van der Waals surface area contributed by atoms with E-state index in [9.17, 15) is 5.11 Å². The summed E-state index contributed by atoms with van der Waals surface area (Å²) in [6, 6.07) is 0. The van der Waals surface area contributed by atoms with Gasteiger partial charge in [0.05, 0.1) is 11.8 Å². The van der Waals surface area contributed by atoms with Crippen molar-refractivity contribution in [2.75, 3.05) is 11.9 Å². The van der Waals surface area contributed by atoms with Crippen molar-refractivity contribution in [1.82, 2.24) is 9.97 Å². The number of anilines is 1. The fourth-order valence-corrected chi connectivity index (χ4v) is 1.42. The lowest BCUT2D eigenvalue weighted by atomic mass is 10.1. The van der Waals surface area contributed by atoms with Gasteiger partial charge in [0.25, 0.3) is 0 Å². The van der Waals surface area contributed by atoms with Gasteiger partial charge in [-0.1, -0.05) is 13.8 Å².